The van der Waals surface area contributed by atoms with Crippen molar-refractivity contribution in [3.8, 4) is 0 Å². The van der Waals surface area contributed by atoms with Crippen LogP contribution in [0.5, 0.6) is 0 Å². The molecule has 0 spiro atoms. The number of hydrogen-bond acceptors (Lipinski definition) is 3. The molecule has 2 amide bonds. The summed E-state index contributed by atoms with van der Waals surface area (Å²) in [5.41, 5.74) is 0. The molecule has 1 N–H and O–H groups in total. The Kier molecular flexibility index (Phi) is 5.61. The Labute approximate surface area is 125 Å². The molecule has 2 aromatic carbocycles. The predicted octanol–water partition coefficient (Wildman–Crippen LogP) is 1.84. The monoisotopic (exact) mass is 301 g/mol. The highest BCUT2D eigenvalue weighted by molar-refractivity contribution is 7.55. The van der Waals surface area contributed by atoms with Gasteiger partial charge in [-0.1, -0.05) is 69.2 Å². The van der Waals surface area contributed by atoms with E-state index in [1.54, 1.807) is 0 Å². The molecule has 1 heterocycles. The van der Waals surface area contributed by atoms with E-state index in [0.717, 1.165) is 8.58 Å². The quantitative estimate of drug-likeness (QED) is 0.523. The smallest absolute Gasteiger partial charge is 0.253 e. The van der Waals surface area contributed by atoms with E-state index in [1.165, 1.54) is 10.6 Å². The van der Waals surface area contributed by atoms with Crippen LogP contribution in [0.15, 0.2) is 60.7 Å². The zero-order chi connectivity index (χ0) is 15.1. The first-order chi connectivity index (χ1) is 10.2. The maximum atomic E-state index is 10.2. The highest BCUT2D eigenvalue weighted by Crippen LogP contribution is 2.09. The number of carbonyl (C=O) groups excluding carboxylic acids is 2. The average Bonchev–Trinajstić information content (AvgIpc) is 2.81. The van der Waals surface area contributed by atoms with E-state index in [0.29, 0.717) is 0 Å². The summed E-state index contributed by atoms with van der Waals surface area (Å²) in [5, 5.41) is 11.4. The van der Waals surface area contributed by atoms with Gasteiger partial charge in [0, 0.05) is 12.8 Å². The van der Waals surface area contributed by atoms with Crippen molar-refractivity contribution in [3.63, 3.8) is 0 Å². The molecule has 0 unspecified atom stereocenters. The van der Waals surface area contributed by atoms with Gasteiger partial charge in [-0.2, -0.15) is 5.06 Å². The third-order valence-electron chi connectivity index (χ3n) is 2.86. The van der Waals surface area contributed by atoms with Gasteiger partial charge in [0.15, 0.2) is 0 Å². The summed E-state index contributed by atoms with van der Waals surface area (Å²) in [6.45, 7) is 0. The van der Waals surface area contributed by atoms with Gasteiger partial charge in [-0.05, 0) is 10.6 Å². The fourth-order valence-corrected chi connectivity index (χ4v) is 2.83. The number of benzene rings is 2. The summed E-state index contributed by atoms with van der Waals surface area (Å²) < 4.78 is 0. The van der Waals surface area contributed by atoms with Gasteiger partial charge in [-0.15, -0.1) is 0 Å². The third kappa shape index (κ3) is 4.78. The first-order valence-electron chi connectivity index (χ1n) is 6.58. The highest BCUT2D eigenvalue weighted by atomic mass is 31.1. The molecule has 2 aromatic rings. The van der Waals surface area contributed by atoms with Gasteiger partial charge in [-0.25, -0.2) is 0 Å². The molecule has 3 rings (SSSR count). The molecule has 21 heavy (non-hydrogen) atoms. The minimum Gasteiger partial charge on any atom is -0.279 e. The molecule has 0 atom stereocenters. The van der Waals surface area contributed by atoms with Gasteiger partial charge < -0.3 is 0 Å². The van der Waals surface area contributed by atoms with E-state index >= 15 is 0 Å². The number of rotatable bonds is 2. The van der Waals surface area contributed by atoms with E-state index in [-0.39, 0.29) is 17.9 Å². The average molecular weight is 301 g/mol. The van der Waals surface area contributed by atoms with Crippen LogP contribution in [0.3, 0.4) is 0 Å². The molecule has 1 aliphatic heterocycles. The number of amides is 2. The maximum Gasteiger partial charge on any atom is 0.253 e. The molecule has 0 aromatic heterocycles. The van der Waals surface area contributed by atoms with E-state index < -0.39 is 11.8 Å². The van der Waals surface area contributed by atoms with Crippen molar-refractivity contribution in [1.29, 1.82) is 0 Å². The first-order valence-corrected chi connectivity index (χ1v) is 7.58. The third-order valence-corrected chi connectivity index (χ3v) is 4.11. The van der Waals surface area contributed by atoms with Crippen LogP contribution >= 0.6 is 8.58 Å². The Morgan fingerprint density at radius 1 is 0.762 bits per heavy atom. The Morgan fingerprint density at radius 2 is 1.14 bits per heavy atom. The van der Waals surface area contributed by atoms with E-state index in [1.807, 2.05) is 0 Å². The SMILES string of the molecule is O=C1CCC(=O)N1O.c1ccc(Pc2ccccc2)cc1. The molecule has 5 heteroatoms. The van der Waals surface area contributed by atoms with Gasteiger partial charge in [0.05, 0.1) is 0 Å². The second-order valence-corrected chi connectivity index (χ2v) is 5.86. The Balaban J connectivity index is 0.000000173. The Bertz CT molecular complexity index is 548. The van der Waals surface area contributed by atoms with Crippen molar-refractivity contribution in [2.45, 2.75) is 12.8 Å². The number of imide groups is 1. The molecule has 1 saturated heterocycles. The van der Waals surface area contributed by atoms with E-state index in [9.17, 15) is 9.59 Å². The van der Waals surface area contributed by atoms with Gasteiger partial charge in [0.1, 0.15) is 0 Å². The minimum atomic E-state index is -0.505. The molecule has 108 valence electrons. The Morgan fingerprint density at radius 3 is 1.43 bits per heavy atom. The van der Waals surface area contributed by atoms with Crippen molar-refractivity contribution in [2.75, 3.05) is 0 Å². The van der Waals surface area contributed by atoms with E-state index in [4.69, 9.17) is 5.21 Å². The molecule has 0 radical (unpaired) electrons. The summed E-state index contributed by atoms with van der Waals surface area (Å²) >= 11 is 0. The van der Waals surface area contributed by atoms with Crippen LogP contribution in [0, 0.1) is 0 Å². The molecule has 1 aliphatic rings. The van der Waals surface area contributed by atoms with Gasteiger partial charge >= 0.3 is 0 Å². The molecule has 0 aliphatic carbocycles. The van der Waals surface area contributed by atoms with Gasteiger partial charge in [-0.3, -0.25) is 14.8 Å². The second-order valence-electron chi connectivity index (χ2n) is 4.46. The lowest BCUT2D eigenvalue weighted by Crippen LogP contribution is -2.24. The van der Waals surface area contributed by atoms with Crippen LogP contribution in [-0.2, 0) is 9.59 Å². The fourth-order valence-electron chi connectivity index (χ4n) is 1.77. The minimum absolute atomic E-state index is 0.148. The molecule has 0 saturated carbocycles. The lowest BCUT2D eigenvalue weighted by Gasteiger charge is -2.00. The van der Waals surface area contributed by atoms with Crippen LogP contribution in [0.1, 0.15) is 12.8 Å². The number of nitrogens with zero attached hydrogens (tertiary/aromatic N) is 1. The van der Waals surface area contributed by atoms with Crippen molar-refractivity contribution in [1.82, 2.24) is 5.06 Å². The standard InChI is InChI=1S/C12H11P.C4H5NO3/c1-3-7-11(8-4-1)13-12-9-5-2-6-10-12;6-3-1-2-4(7)5(3)8/h1-10,13H;8H,1-2H2. The van der Waals surface area contributed by atoms with Crippen LogP contribution in [0.4, 0.5) is 0 Å². The first kappa shape index (κ1) is 15.4. The molecule has 1 fully saturated rings. The fraction of sp³-hybridized carbons (Fsp3) is 0.125. The molecule has 0 bridgehead atoms. The largest absolute Gasteiger partial charge is 0.279 e. The van der Waals surface area contributed by atoms with Crippen molar-refractivity contribution in [3.05, 3.63) is 60.7 Å². The van der Waals surface area contributed by atoms with Crippen molar-refractivity contribution in [2.24, 2.45) is 0 Å². The van der Waals surface area contributed by atoms with Crippen molar-refractivity contribution >= 4 is 31.0 Å². The van der Waals surface area contributed by atoms with Crippen LogP contribution in [-0.4, -0.2) is 22.1 Å². The maximum absolute atomic E-state index is 10.2. The summed E-state index contributed by atoms with van der Waals surface area (Å²) in [6, 6.07) is 21.2. The predicted molar refractivity (Wildman–Crippen MR) is 83.3 cm³/mol. The topological polar surface area (TPSA) is 57.6 Å². The van der Waals surface area contributed by atoms with Crippen LogP contribution < -0.4 is 10.6 Å². The number of hydroxylamine groups is 2. The lowest BCUT2D eigenvalue weighted by molar-refractivity contribution is -0.171. The molecule has 4 nitrogen and oxygen atoms in total. The normalized spacial score (nSPS) is 13.9. The zero-order valence-electron chi connectivity index (χ0n) is 11.4. The van der Waals surface area contributed by atoms with Crippen LogP contribution in [0.2, 0.25) is 0 Å². The summed E-state index contributed by atoms with van der Waals surface area (Å²) in [5.74, 6) is -1.01. The van der Waals surface area contributed by atoms with E-state index in [2.05, 4.69) is 60.7 Å². The Hall–Kier alpha value is -2.03. The number of carbonyl (C=O) groups is 2. The zero-order valence-corrected chi connectivity index (χ0v) is 12.4. The molecular formula is C16H16NO3P. The lowest BCUT2D eigenvalue weighted by atomic mass is 10.4. The summed E-state index contributed by atoms with van der Waals surface area (Å²) in [4.78, 5) is 20.5. The number of hydrogen-bond donors (Lipinski definition) is 1. The summed E-state index contributed by atoms with van der Waals surface area (Å²) in [6.07, 6.45) is 0.296. The van der Waals surface area contributed by atoms with Gasteiger partial charge in [0.25, 0.3) is 11.8 Å². The molecular weight excluding hydrogens is 285 g/mol. The summed E-state index contributed by atoms with van der Waals surface area (Å²) in [7, 11) is 0.777. The second kappa shape index (κ2) is 7.67. The highest BCUT2D eigenvalue weighted by Gasteiger charge is 2.26. The van der Waals surface area contributed by atoms with Crippen molar-refractivity contribution < 1.29 is 14.8 Å². The van der Waals surface area contributed by atoms with Crippen LogP contribution in [0.25, 0.3) is 0 Å². The van der Waals surface area contributed by atoms with Gasteiger partial charge in [0.2, 0.25) is 0 Å².